The second-order valence-corrected chi connectivity index (χ2v) is 6.30. The molecular formula is C15H17BrN4O. The van der Waals surface area contributed by atoms with Crippen molar-refractivity contribution in [3.8, 4) is 0 Å². The van der Waals surface area contributed by atoms with Gasteiger partial charge in [-0.3, -0.25) is 14.9 Å². The molecule has 0 unspecified atom stereocenters. The van der Waals surface area contributed by atoms with Crippen molar-refractivity contribution >= 4 is 21.8 Å². The van der Waals surface area contributed by atoms with Crippen molar-refractivity contribution in [3.63, 3.8) is 0 Å². The van der Waals surface area contributed by atoms with Crippen LogP contribution in [0.25, 0.3) is 0 Å². The molecule has 3 rings (SSSR count). The maximum atomic E-state index is 12.5. The summed E-state index contributed by atoms with van der Waals surface area (Å²) < 4.78 is 0.931. The fourth-order valence-electron chi connectivity index (χ4n) is 2.76. The number of nitrogens with zero attached hydrogens (tertiary/aromatic N) is 2. The molecule has 1 aliphatic carbocycles. The molecule has 1 amide bonds. The molecule has 6 heteroatoms. The Balaban J connectivity index is 1.71. The fourth-order valence-corrected chi connectivity index (χ4v) is 3.00. The highest BCUT2D eigenvalue weighted by Gasteiger charge is 2.28. The molecule has 2 aromatic heterocycles. The van der Waals surface area contributed by atoms with E-state index in [1.54, 1.807) is 12.4 Å². The highest BCUT2D eigenvalue weighted by atomic mass is 79.9. The summed E-state index contributed by atoms with van der Waals surface area (Å²) in [6.45, 7) is 1.95. The van der Waals surface area contributed by atoms with Crippen LogP contribution < -0.4 is 5.32 Å². The van der Waals surface area contributed by atoms with E-state index in [2.05, 4.69) is 36.4 Å². The molecule has 0 saturated heterocycles. The third-order valence-corrected chi connectivity index (χ3v) is 4.38. The third kappa shape index (κ3) is 3.00. The topological polar surface area (TPSA) is 70.7 Å². The number of aromatic nitrogens is 3. The smallest absolute Gasteiger partial charge is 0.228 e. The molecule has 2 atom stereocenters. The molecule has 0 saturated carbocycles. The Labute approximate surface area is 131 Å². The van der Waals surface area contributed by atoms with Crippen molar-refractivity contribution in [3.05, 3.63) is 46.0 Å². The first-order chi connectivity index (χ1) is 10.1. The first kappa shape index (κ1) is 14.3. The van der Waals surface area contributed by atoms with Crippen molar-refractivity contribution in [2.24, 2.45) is 0 Å². The van der Waals surface area contributed by atoms with Gasteiger partial charge < -0.3 is 5.32 Å². The van der Waals surface area contributed by atoms with E-state index in [1.165, 1.54) is 0 Å². The minimum absolute atomic E-state index is 0.0505. The standard InChI is InChI=1S/C15H17BrN4O/c1-9(13-6-5-10(16)7-17-13)19-15(21)11-3-2-4-14-12(11)8-18-20-14/h5-9,11H,2-4H2,1H3,(H,18,20)(H,19,21)/t9-,11-/m1/s1. The van der Waals surface area contributed by atoms with Crippen molar-refractivity contribution in [2.75, 3.05) is 0 Å². The molecule has 5 nitrogen and oxygen atoms in total. The summed E-state index contributed by atoms with van der Waals surface area (Å²) in [5.74, 6) is -0.0556. The summed E-state index contributed by atoms with van der Waals surface area (Å²) in [7, 11) is 0. The number of H-pyrrole nitrogens is 1. The van der Waals surface area contributed by atoms with E-state index in [0.29, 0.717) is 0 Å². The Bertz CT molecular complexity index is 637. The van der Waals surface area contributed by atoms with Crippen LogP contribution in [0.5, 0.6) is 0 Å². The first-order valence-corrected chi connectivity index (χ1v) is 7.88. The van der Waals surface area contributed by atoms with Gasteiger partial charge in [-0.25, -0.2) is 0 Å². The van der Waals surface area contributed by atoms with Gasteiger partial charge in [-0.05, 0) is 54.2 Å². The predicted molar refractivity (Wildman–Crippen MR) is 82.8 cm³/mol. The van der Waals surface area contributed by atoms with Gasteiger partial charge in [-0.1, -0.05) is 0 Å². The van der Waals surface area contributed by atoms with Gasteiger partial charge in [0.25, 0.3) is 0 Å². The summed E-state index contributed by atoms with van der Waals surface area (Å²) in [6.07, 6.45) is 6.38. The number of fused-ring (bicyclic) bond motifs is 1. The minimum Gasteiger partial charge on any atom is -0.347 e. The number of amides is 1. The Morgan fingerprint density at radius 2 is 2.33 bits per heavy atom. The molecule has 2 N–H and O–H groups in total. The molecule has 0 bridgehead atoms. The van der Waals surface area contributed by atoms with Gasteiger partial charge in [0, 0.05) is 21.9 Å². The molecule has 1 aliphatic rings. The Morgan fingerprint density at radius 3 is 3.10 bits per heavy atom. The Kier molecular flexibility index (Phi) is 4.05. The summed E-state index contributed by atoms with van der Waals surface area (Å²) >= 11 is 3.36. The van der Waals surface area contributed by atoms with E-state index in [0.717, 1.165) is 40.7 Å². The summed E-state index contributed by atoms with van der Waals surface area (Å²) in [4.78, 5) is 16.9. The number of nitrogens with one attached hydrogen (secondary N) is 2. The summed E-state index contributed by atoms with van der Waals surface area (Å²) in [6, 6.07) is 3.74. The quantitative estimate of drug-likeness (QED) is 0.895. The lowest BCUT2D eigenvalue weighted by Crippen LogP contribution is -2.33. The van der Waals surface area contributed by atoms with Crippen LogP contribution in [0, 0.1) is 0 Å². The lowest BCUT2D eigenvalue weighted by atomic mass is 9.86. The summed E-state index contributed by atoms with van der Waals surface area (Å²) in [5, 5.41) is 10.1. The van der Waals surface area contributed by atoms with E-state index >= 15 is 0 Å². The minimum atomic E-state index is -0.108. The van der Waals surface area contributed by atoms with Gasteiger partial charge in [0.2, 0.25) is 5.91 Å². The van der Waals surface area contributed by atoms with Crippen LogP contribution >= 0.6 is 15.9 Å². The van der Waals surface area contributed by atoms with Gasteiger partial charge in [0.05, 0.1) is 23.9 Å². The average Bonchev–Trinajstić information content (AvgIpc) is 2.96. The first-order valence-electron chi connectivity index (χ1n) is 7.09. The fraction of sp³-hybridized carbons (Fsp3) is 0.400. The molecule has 0 spiro atoms. The number of carbonyl (C=O) groups excluding carboxylic acids is 1. The molecule has 0 aromatic carbocycles. The highest BCUT2D eigenvalue weighted by Crippen LogP contribution is 2.30. The predicted octanol–water partition coefficient (Wildman–Crippen LogP) is 2.86. The third-order valence-electron chi connectivity index (χ3n) is 3.92. The van der Waals surface area contributed by atoms with Crippen LogP contribution in [0.2, 0.25) is 0 Å². The number of carbonyl (C=O) groups is 1. The van der Waals surface area contributed by atoms with Crippen LogP contribution in [-0.4, -0.2) is 21.1 Å². The number of pyridine rings is 1. The lowest BCUT2D eigenvalue weighted by molar-refractivity contribution is -0.123. The summed E-state index contributed by atoms with van der Waals surface area (Å²) in [5.41, 5.74) is 2.99. The Hall–Kier alpha value is -1.69. The number of aromatic amines is 1. The molecule has 2 heterocycles. The van der Waals surface area contributed by atoms with Crippen molar-refractivity contribution in [2.45, 2.75) is 38.1 Å². The number of aryl methyl sites for hydroxylation is 1. The molecule has 110 valence electrons. The SMILES string of the molecule is C[C@@H](NC(=O)[C@@H]1CCCc2[nH]ncc21)c1ccc(Br)cn1. The van der Waals surface area contributed by atoms with Crippen LogP contribution in [0.3, 0.4) is 0 Å². The second-order valence-electron chi connectivity index (χ2n) is 5.38. The van der Waals surface area contributed by atoms with Crippen LogP contribution in [0.4, 0.5) is 0 Å². The van der Waals surface area contributed by atoms with Gasteiger partial charge in [-0.15, -0.1) is 0 Å². The number of hydrogen-bond acceptors (Lipinski definition) is 3. The number of halogens is 1. The Morgan fingerprint density at radius 1 is 1.48 bits per heavy atom. The van der Waals surface area contributed by atoms with E-state index < -0.39 is 0 Å². The van der Waals surface area contributed by atoms with Crippen molar-refractivity contribution in [1.82, 2.24) is 20.5 Å². The second kappa shape index (κ2) is 5.97. The average molecular weight is 349 g/mol. The normalized spacial score (nSPS) is 18.9. The van der Waals surface area contributed by atoms with E-state index in [-0.39, 0.29) is 17.9 Å². The van der Waals surface area contributed by atoms with E-state index in [1.807, 2.05) is 19.1 Å². The van der Waals surface area contributed by atoms with Crippen LogP contribution in [0.1, 0.15) is 48.7 Å². The van der Waals surface area contributed by atoms with Gasteiger partial charge >= 0.3 is 0 Å². The zero-order valence-electron chi connectivity index (χ0n) is 11.8. The van der Waals surface area contributed by atoms with Gasteiger partial charge in [0.15, 0.2) is 0 Å². The molecule has 0 fully saturated rings. The zero-order chi connectivity index (χ0) is 14.8. The molecule has 2 aromatic rings. The van der Waals surface area contributed by atoms with E-state index in [9.17, 15) is 4.79 Å². The lowest BCUT2D eigenvalue weighted by Gasteiger charge is -2.23. The maximum absolute atomic E-state index is 12.5. The molecule has 0 aliphatic heterocycles. The largest absolute Gasteiger partial charge is 0.347 e. The van der Waals surface area contributed by atoms with Gasteiger partial charge in [-0.2, -0.15) is 5.10 Å². The van der Waals surface area contributed by atoms with Gasteiger partial charge in [0.1, 0.15) is 0 Å². The molecular weight excluding hydrogens is 332 g/mol. The number of hydrogen-bond donors (Lipinski definition) is 2. The van der Waals surface area contributed by atoms with Crippen LogP contribution in [0.15, 0.2) is 29.0 Å². The molecule has 21 heavy (non-hydrogen) atoms. The highest BCUT2D eigenvalue weighted by molar-refractivity contribution is 9.10. The molecule has 0 radical (unpaired) electrons. The zero-order valence-corrected chi connectivity index (χ0v) is 13.4. The number of rotatable bonds is 3. The monoisotopic (exact) mass is 348 g/mol. The van der Waals surface area contributed by atoms with Crippen molar-refractivity contribution < 1.29 is 4.79 Å². The van der Waals surface area contributed by atoms with Crippen molar-refractivity contribution in [1.29, 1.82) is 0 Å². The maximum Gasteiger partial charge on any atom is 0.228 e. The van der Waals surface area contributed by atoms with E-state index in [4.69, 9.17) is 0 Å². The van der Waals surface area contributed by atoms with Crippen LogP contribution in [-0.2, 0) is 11.2 Å².